The third-order valence-electron chi connectivity index (χ3n) is 4.69. The molecule has 0 bridgehead atoms. The first kappa shape index (κ1) is 37.5. The summed E-state index contributed by atoms with van der Waals surface area (Å²) in [7, 11) is 0. The summed E-state index contributed by atoms with van der Waals surface area (Å²) >= 11 is 0. The van der Waals surface area contributed by atoms with Crippen molar-refractivity contribution in [1.82, 2.24) is 0 Å². The molecular formula is C32H34F4N2O2Ti. The molecule has 9 heteroatoms. The minimum atomic E-state index is -0.896. The number of rotatable bonds is 2. The summed E-state index contributed by atoms with van der Waals surface area (Å²) in [6.45, 7) is 10.2. The van der Waals surface area contributed by atoms with E-state index < -0.39 is 34.1 Å². The maximum atomic E-state index is 13.1. The van der Waals surface area contributed by atoms with E-state index in [1.165, 1.54) is 12.1 Å². The molecule has 41 heavy (non-hydrogen) atoms. The zero-order valence-electron chi connectivity index (χ0n) is 23.9. The van der Waals surface area contributed by atoms with E-state index in [-0.39, 0.29) is 44.9 Å². The summed E-state index contributed by atoms with van der Waals surface area (Å²) < 4.78 is 51.2. The fraction of sp³-hybridized carbons (Fsp3) is 0.250. The first-order valence-electron chi connectivity index (χ1n) is 12.3. The molecule has 0 aliphatic rings. The molecular weight excluding hydrogens is 568 g/mol. The van der Waals surface area contributed by atoms with Crippen LogP contribution in [0, 0.1) is 46.2 Å². The van der Waals surface area contributed by atoms with Crippen LogP contribution in [0.2, 0.25) is 0 Å². The van der Waals surface area contributed by atoms with E-state index in [4.69, 9.17) is 0 Å². The van der Waals surface area contributed by atoms with Gasteiger partial charge in [-0.25, -0.2) is 41.8 Å². The van der Waals surface area contributed by atoms with Gasteiger partial charge in [0.1, 0.15) is 0 Å². The molecule has 0 radical (unpaired) electrons. The molecule has 0 spiro atoms. The van der Waals surface area contributed by atoms with Gasteiger partial charge in [0.2, 0.25) is 11.8 Å². The van der Waals surface area contributed by atoms with Crippen LogP contribution in [-0.2, 0) is 31.3 Å². The van der Waals surface area contributed by atoms with Crippen LogP contribution in [0.1, 0.15) is 41.5 Å². The zero-order chi connectivity index (χ0) is 30.3. The van der Waals surface area contributed by atoms with E-state index in [0.717, 1.165) is 12.1 Å². The van der Waals surface area contributed by atoms with Gasteiger partial charge in [-0.1, -0.05) is 41.5 Å². The summed E-state index contributed by atoms with van der Waals surface area (Å²) in [5.74, 6) is -4.04. The Morgan fingerprint density at radius 2 is 0.902 bits per heavy atom. The topological polar surface area (TPSA) is 58.2 Å². The van der Waals surface area contributed by atoms with Crippen molar-refractivity contribution in [2.45, 2.75) is 41.5 Å². The molecule has 4 aromatic carbocycles. The predicted molar refractivity (Wildman–Crippen MR) is 151 cm³/mol. The smallest absolute Gasteiger partial charge is 0.376 e. The van der Waals surface area contributed by atoms with Gasteiger partial charge in [-0.2, -0.15) is 36.4 Å². The predicted octanol–water partition coefficient (Wildman–Crippen LogP) is 8.31. The van der Waals surface area contributed by atoms with Crippen LogP contribution in [0.4, 0.5) is 28.9 Å². The van der Waals surface area contributed by atoms with Gasteiger partial charge in [-0.3, -0.25) is 9.59 Å². The quantitative estimate of drug-likeness (QED) is 0.138. The number of amides is 2. The number of benzene rings is 2. The van der Waals surface area contributed by atoms with Crippen molar-refractivity contribution in [2.75, 3.05) is 10.6 Å². The number of hydrogen-bond acceptors (Lipinski definition) is 2. The molecule has 0 saturated carbocycles. The normalized spacial score (nSPS) is 10.2. The van der Waals surface area contributed by atoms with Crippen LogP contribution in [0.5, 0.6) is 0 Å². The van der Waals surface area contributed by atoms with Crippen molar-refractivity contribution < 1.29 is 48.9 Å². The Labute approximate surface area is 254 Å². The second-order valence-electron chi connectivity index (χ2n) is 10.4. The van der Waals surface area contributed by atoms with Gasteiger partial charge in [-0.05, 0) is 11.4 Å². The van der Waals surface area contributed by atoms with Crippen molar-refractivity contribution in [2.24, 2.45) is 10.8 Å². The Morgan fingerprint density at radius 3 is 1.10 bits per heavy atom. The molecule has 4 nitrogen and oxygen atoms in total. The van der Waals surface area contributed by atoms with E-state index in [9.17, 15) is 27.2 Å². The first-order valence-corrected chi connectivity index (χ1v) is 12.3. The van der Waals surface area contributed by atoms with Gasteiger partial charge in [0.15, 0.2) is 0 Å². The van der Waals surface area contributed by atoms with Crippen LogP contribution in [0.3, 0.4) is 0 Å². The Bertz CT molecular complexity index is 1160. The molecule has 0 saturated heterocycles. The summed E-state index contributed by atoms with van der Waals surface area (Å²) in [6.07, 6.45) is 0. The van der Waals surface area contributed by atoms with Crippen LogP contribution in [-0.4, -0.2) is 11.8 Å². The van der Waals surface area contributed by atoms with Gasteiger partial charge < -0.3 is 10.6 Å². The molecule has 4 aromatic rings. The average molecular weight is 602 g/mol. The molecule has 2 N–H and O–H groups in total. The second-order valence-corrected chi connectivity index (χ2v) is 10.4. The number of hydrogen-bond donors (Lipinski definition) is 2. The van der Waals surface area contributed by atoms with Crippen LogP contribution >= 0.6 is 0 Å². The largest absolute Gasteiger partial charge is 4.00 e. The van der Waals surface area contributed by atoms with Crippen molar-refractivity contribution >= 4 is 23.2 Å². The Morgan fingerprint density at radius 1 is 0.610 bits per heavy atom. The summed E-state index contributed by atoms with van der Waals surface area (Å²) in [5.41, 5.74) is -1.37. The molecule has 0 aliphatic heterocycles. The van der Waals surface area contributed by atoms with Gasteiger partial charge in [0, 0.05) is 34.1 Å². The van der Waals surface area contributed by atoms with E-state index in [1.807, 2.05) is 72.8 Å². The average Bonchev–Trinajstić information content (AvgIpc) is 3.61. The summed E-state index contributed by atoms with van der Waals surface area (Å²) in [5, 5.41) is 4.73. The van der Waals surface area contributed by atoms with E-state index in [2.05, 4.69) is 10.6 Å². The third-order valence-corrected chi connectivity index (χ3v) is 4.69. The maximum absolute atomic E-state index is 13.1. The van der Waals surface area contributed by atoms with Crippen LogP contribution < -0.4 is 10.6 Å². The summed E-state index contributed by atoms with van der Waals surface area (Å²) in [4.78, 5) is 23.0. The van der Waals surface area contributed by atoms with Gasteiger partial charge >= 0.3 is 21.7 Å². The number of halogens is 4. The van der Waals surface area contributed by atoms with Crippen molar-refractivity contribution in [3.63, 3.8) is 0 Å². The molecule has 0 aromatic heterocycles. The Hall–Kier alpha value is -3.49. The molecule has 0 unspecified atom stereocenters. The number of nitrogens with one attached hydrogen (secondary N) is 2. The molecule has 4 rings (SSSR count). The molecule has 0 aliphatic carbocycles. The van der Waals surface area contributed by atoms with Crippen molar-refractivity contribution in [1.29, 1.82) is 0 Å². The zero-order valence-corrected chi connectivity index (χ0v) is 25.5. The first-order chi connectivity index (χ1) is 18.6. The van der Waals surface area contributed by atoms with E-state index in [1.54, 1.807) is 41.5 Å². The van der Waals surface area contributed by atoms with Gasteiger partial charge in [0.25, 0.3) is 0 Å². The minimum Gasteiger partial charge on any atom is -0.376 e. The Balaban J connectivity index is 0.000000573. The molecule has 0 fully saturated rings. The van der Waals surface area contributed by atoms with Crippen LogP contribution in [0.25, 0.3) is 0 Å². The standard InChI is InChI=1S/2C11H12F2NO.2C5H5.Ti/c2*1-11(2,3)10(15)14-9-5-4-7(12)6-8(9)13;2*1-2-4-5-3-1;/h2*4-5H,1-3H3,(H,14,15);2*1-5H;/q4*-1;+4. The monoisotopic (exact) mass is 602 g/mol. The molecule has 0 atom stereocenters. The number of carbonyl (C=O) groups excluding carboxylic acids is 2. The number of carbonyl (C=O) groups is 2. The SMILES string of the molecule is CC(C)(C)C(=O)Nc1ccc(F)[c-]c1F.CC(C)(C)C(=O)Nc1ccc(F)[c-]c1F.[Ti+4].c1cc[cH-]c1.c1cc[cH-]c1. The fourth-order valence-electron chi connectivity index (χ4n) is 2.34. The second kappa shape index (κ2) is 18.0. The number of anilines is 2. The fourth-order valence-corrected chi connectivity index (χ4v) is 2.34. The molecule has 0 heterocycles. The maximum Gasteiger partial charge on any atom is 4.00 e. The third kappa shape index (κ3) is 15.8. The van der Waals surface area contributed by atoms with E-state index >= 15 is 0 Å². The van der Waals surface area contributed by atoms with Crippen LogP contribution in [0.15, 0.2) is 84.9 Å². The van der Waals surface area contributed by atoms with Crippen molar-refractivity contribution in [3.05, 3.63) is 120 Å². The Kier molecular flexibility index (Phi) is 16.5. The molecule has 2 amide bonds. The van der Waals surface area contributed by atoms with Gasteiger partial charge in [0.05, 0.1) is 0 Å². The molecule has 216 valence electrons. The van der Waals surface area contributed by atoms with Crippen molar-refractivity contribution in [3.8, 4) is 0 Å². The van der Waals surface area contributed by atoms with Gasteiger partial charge in [-0.15, -0.1) is 36.4 Å². The van der Waals surface area contributed by atoms with E-state index in [0.29, 0.717) is 0 Å². The minimum absolute atomic E-state index is 0. The summed E-state index contributed by atoms with van der Waals surface area (Å²) in [6, 6.07) is 28.1.